The zero-order valence-electron chi connectivity index (χ0n) is 11.3. The molecule has 4 heteroatoms. The fraction of sp³-hybridized carbons (Fsp3) is 0.929. The van der Waals surface area contributed by atoms with Crippen LogP contribution >= 0.6 is 15.9 Å². The number of carbonyl (C=O) groups is 1. The number of halogens is 1. The van der Waals surface area contributed by atoms with Gasteiger partial charge in [-0.25, -0.2) is 0 Å². The Balaban J connectivity index is 2.08. The van der Waals surface area contributed by atoms with Crippen LogP contribution in [0.1, 0.15) is 51.9 Å². The lowest BCUT2D eigenvalue weighted by molar-refractivity contribution is -0.668. The lowest BCUT2D eigenvalue weighted by atomic mass is 9.72. The predicted molar refractivity (Wildman–Crippen MR) is 74.7 cm³/mol. The summed E-state index contributed by atoms with van der Waals surface area (Å²) < 4.78 is 5.97. The Kier molecular flexibility index (Phi) is 5.07. The molecule has 1 saturated carbocycles. The number of quaternary nitrogens is 1. The van der Waals surface area contributed by atoms with E-state index in [1.54, 1.807) is 0 Å². The molecule has 0 amide bonds. The molecule has 0 spiro atoms. The van der Waals surface area contributed by atoms with Gasteiger partial charge in [0.1, 0.15) is 10.4 Å². The van der Waals surface area contributed by atoms with Gasteiger partial charge in [-0.2, -0.15) is 0 Å². The molecule has 0 bridgehead atoms. The van der Waals surface area contributed by atoms with E-state index in [9.17, 15) is 4.79 Å². The first kappa shape index (κ1) is 14.3. The molecule has 1 heterocycles. The van der Waals surface area contributed by atoms with Gasteiger partial charge in [-0.15, -0.1) is 0 Å². The van der Waals surface area contributed by atoms with Crippen molar-refractivity contribution in [3.63, 3.8) is 0 Å². The third kappa shape index (κ3) is 3.27. The summed E-state index contributed by atoms with van der Waals surface area (Å²) in [5, 5.41) is 2.34. The SMILES string of the molecule is CC(Br)C(=O)OC1(C2CCCCC2)CC[NH2+]CC1. The number of rotatable bonds is 3. The summed E-state index contributed by atoms with van der Waals surface area (Å²) in [4.78, 5) is 11.8. The van der Waals surface area contributed by atoms with Gasteiger partial charge in [0, 0.05) is 12.8 Å². The van der Waals surface area contributed by atoms with Crippen molar-refractivity contribution in [2.45, 2.75) is 62.3 Å². The van der Waals surface area contributed by atoms with Crippen LogP contribution < -0.4 is 5.32 Å². The van der Waals surface area contributed by atoms with Crippen molar-refractivity contribution in [2.75, 3.05) is 13.1 Å². The molecular formula is C14H25BrNO2+. The minimum Gasteiger partial charge on any atom is -0.457 e. The van der Waals surface area contributed by atoms with E-state index < -0.39 is 0 Å². The molecule has 1 aliphatic heterocycles. The van der Waals surface area contributed by atoms with E-state index in [4.69, 9.17) is 4.74 Å². The van der Waals surface area contributed by atoms with Gasteiger partial charge < -0.3 is 10.1 Å². The molecule has 3 nitrogen and oxygen atoms in total. The normalized spacial score (nSPS) is 26.6. The van der Waals surface area contributed by atoms with Crippen LogP contribution in [-0.4, -0.2) is 29.5 Å². The minimum atomic E-state index is -0.191. The van der Waals surface area contributed by atoms with E-state index in [1.807, 2.05) is 6.92 Å². The second kappa shape index (κ2) is 6.38. The highest BCUT2D eigenvalue weighted by molar-refractivity contribution is 9.10. The Morgan fingerprint density at radius 1 is 1.28 bits per heavy atom. The summed E-state index contributed by atoms with van der Waals surface area (Å²) in [6.45, 7) is 4.05. The van der Waals surface area contributed by atoms with Crippen molar-refractivity contribution in [2.24, 2.45) is 5.92 Å². The van der Waals surface area contributed by atoms with E-state index in [2.05, 4.69) is 21.2 Å². The maximum Gasteiger partial charge on any atom is 0.319 e. The Hall–Kier alpha value is -0.0900. The van der Waals surface area contributed by atoms with Crippen LogP contribution in [0, 0.1) is 5.92 Å². The van der Waals surface area contributed by atoms with E-state index in [0.717, 1.165) is 25.9 Å². The standard InChI is InChI=1S/C14H24BrNO2/c1-11(15)13(17)18-14(7-9-16-10-8-14)12-5-3-2-4-6-12/h11-12,16H,2-10H2,1H3/p+1. The van der Waals surface area contributed by atoms with Crippen LogP contribution in [0.15, 0.2) is 0 Å². The lowest BCUT2D eigenvalue weighted by Crippen LogP contribution is -2.88. The highest BCUT2D eigenvalue weighted by Crippen LogP contribution is 2.40. The van der Waals surface area contributed by atoms with Gasteiger partial charge in [0.25, 0.3) is 0 Å². The molecule has 1 atom stereocenters. The van der Waals surface area contributed by atoms with Gasteiger partial charge in [-0.1, -0.05) is 35.2 Å². The molecule has 0 radical (unpaired) electrons. The number of piperidine rings is 1. The highest BCUT2D eigenvalue weighted by Gasteiger charge is 2.45. The number of nitrogens with two attached hydrogens (primary N) is 1. The Labute approximate surface area is 118 Å². The van der Waals surface area contributed by atoms with Crippen molar-refractivity contribution in [1.82, 2.24) is 0 Å². The summed E-state index contributed by atoms with van der Waals surface area (Å²) in [5.41, 5.74) is -0.158. The number of hydrogen-bond donors (Lipinski definition) is 1. The van der Waals surface area contributed by atoms with Crippen LogP contribution in [0.25, 0.3) is 0 Å². The molecule has 2 fully saturated rings. The third-order valence-electron chi connectivity index (χ3n) is 4.52. The Bertz CT molecular complexity index is 282. The number of alkyl halides is 1. The average molecular weight is 319 g/mol. The van der Waals surface area contributed by atoms with Crippen molar-refractivity contribution in [1.29, 1.82) is 0 Å². The maximum absolute atomic E-state index is 12.0. The van der Waals surface area contributed by atoms with E-state index >= 15 is 0 Å². The zero-order chi connectivity index (χ0) is 13.0. The number of carbonyl (C=O) groups excluding carboxylic acids is 1. The number of ether oxygens (including phenoxy) is 1. The monoisotopic (exact) mass is 318 g/mol. The quantitative estimate of drug-likeness (QED) is 0.639. The molecule has 2 N–H and O–H groups in total. The average Bonchev–Trinajstić information content (AvgIpc) is 2.40. The highest BCUT2D eigenvalue weighted by atomic mass is 79.9. The van der Waals surface area contributed by atoms with Gasteiger partial charge in [0.15, 0.2) is 0 Å². The van der Waals surface area contributed by atoms with Gasteiger partial charge in [-0.3, -0.25) is 4.79 Å². The molecule has 0 aromatic carbocycles. The minimum absolute atomic E-state index is 0.0810. The van der Waals surface area contributed by atoms with Crippen LogP contribution in [-0.2, 0) is 9.53 Å². The number of esters is 1. The molecule has 0 aromatic rings. The summed E-state index contributed by atoms with van der Waals surface area (Å²) in [5.74, 6) is 0.512. The largest absolute Gasteiger partial charge is 0.457 e. The van der Waals surface area contributed by atoms with Crippen molar-refractivity contribution < 1.29 is 14.8 Å². The third-order valence-corrected chi connectivity index (χ3v) is 4.89. The smallest absolute Gasteiger partial charge is 0.319 e. The van der Waals surface area contributed by atoms with Crippen LogP contribution in [0.2, 0.25) is 0 Å². The van der Waals surface area contributed by atoms with Gasteiger partial charge in [0.2, 0.25) is 0 Å². The van der Waals surface area contributed by atoms with Crippen molar-refractivity contribution in [3.8, 4) is 0 Å². The zero-order valence-corrected chi connectivity index (χ0v) is 12.9. The summed E-state index contributed by atoms with van der Waals surface area (Å²) >= 11 is 3.33. The first-order valence-electron chi connectivity index (χ1n) is 7.33. The van der Waals surface area contributed by atoms with E-state index in [-0.39, 0.29) is 16.4 Å². The molecule has 1 aliphatic carbocycles. The molecule has 104 valence electrons. The van der Waals surface area contributed by atoms with Crippen LogP contribution in [0.3, 0.4) is 0 Å². The van der Waals surface area contributed by atoms with Crippen LogP contribution in [0.4, 0.5) is 0 Å². The summed E-state index contributed by atoms with van der Waals surface area (Å²) in [6.07, 6.45) is 8.50. The Morgan fingerprint density at radius 2 is 1.89 bits per heavy atom. The summed E-state index contributed by atoms with van der Waals surface area (Å²) in [6, 6.07) is 0. The van der Waals surface area contributed by atoms with E-state index in [1.165, 1.54) is 32.1 Å². The molecule has 2 aliphatic rings. The first-order valence-corrected chi connectivity index (χ1v) is 8.24. The first-order chi connectivity index (χ1) is 8.64. The summed E-state index contributed by atoms with van der Waals surface area (Å²) in [7, 11) is 0. The molecule has 0 aromatic heterocycles. The second-order valence-corrected chi connectivity index (χ2v) is 7.18. The fourth-order valence-corrected chi connectivity index (χ4v) is 3.56. The van der Waals surface area contributed by atoms with Gasteiger partial charge in [0.05, 0.1) is 13.1 Å². The van der Waals surface area contributed by atoms with Crippen LogP contribution in [0.5, 0.6) is 0 Å². The van der Waals surface area contributed by atoms with Crippen molar-refractivity contribution in [3.05, 3.63) is 0 Å². The molecular weight excluding hydrogens is 294 g/mol. The van der Waals surface area contributed by atoms with Gasteiger partial charge >= 0.3 is 5.97 Å². The maximum atomic E-state index is 12.0. The van der Waals surface area contributed by atoms with Gasteiger partial charge in [-0.05, 0) is 25.7 Å². The molecule has 2 rings (SSSR count). The molecule has 1 unspecified atom stereocenters. The topological polar surface area (TPSA) is 42.9 Å². The lowest BCUT2D eigenvalue weighted by Gasteiger charge is -2.43. The molecule has 1 saturated heterocycles. The number of hydrogen-bond acceptors (Lipinski definition) is 2. The van der Waals surface area contributed by atoms with E-state index in [0.29, 0.717) is 5.92 Å². The second-order valence-electron chi connectivity index (χ2n) is 5.80. The van der Waals surface area contributed by atoms with Crippen molar-refractivity contribution >= 4 is 21.9 Å². The molecule has 18 heavy (non-hydrogen) atoms. The Morgan fingerprint density at radius 3 is 2.44 bits per heavy atom. The predicted octanol–water partition coefficient (Wildman–Crippen LogP) is 1.99. The fourth-order valence-electron chi connectivity index (χ4n) is 3.47.